The van der Waals surface area contributed by atoms with E-state index in [1.165, 1.54) is 6.20 Å². The van der Waals surface area contributed by atoms with E-state index in [-0.39, 0.29) is 5.57 Å². The predicted molar refractivity (Wildman–Crippen MR) is 60.2 cm³/mol. The maximum atomic E-state index is 11.6. The number of hydrogen-bond acceptors (Lipinski definition) is 4. The normalized spacial score (nSPS) is 10.4. The van der Waals surface area contributed by atoms with Crippen molar-refractivity contribution in [3.05, 3.63) is 36.2 Å². The van der Waals surface area contributed by atoms with Crippen molar-refractivity contribution in [2.75, 3.05) is 19.4 Å². The average Bonchev–Trinajstić information content (AvgIpc) is 2.26. The Morgan fingerprint density at radius 2 is 2.31 bits per heavy atom. The van der Waals surface area contributed by atoms with Crippen molar-refractivity contribution in [2.45, 2.75) is 0 Å². The smallest absolute Gasteiger partial charge is 0.268 e. The predicted octanol–water partition coefficient (Wildman–Crippen LogP) is 0.989. The number of nitriles is 1. The van der Waals surface area contributed by atoms with Gasteiger partial charge in [-0.1, -0.05) is 6.07 Å². The summed E-state index contributed by atoms with van der Waals surface area (Å²) in [6, 6.07) is 6.99. The molecule has 0 atom stereocenters. The number of aromatic nitrogens is 1. The number of nitrogens with one attached hydrogen (secondary N) is 1. The summed E-state index contributed by atoms with van der Waals surface area (Å²) in [4.78, 5) is 17.2. The summed E-state index contributed by atoms with van der Waals surface area (Å²) >= 11 is 0. The lowest BCUT2D eigenvalue weighted by Gasteiger charge is -2.06. The van der Waals surface area contributed by atoms with Crippen LogP contribution in [0.1, 0.15) is 0 Å². The fourth-order valence-corrected chi connectivity index (χ4v) is 1.02. The van der Waals surface area contributed by atoms with Crippen molar-refractivity contribution in [3.63, 3.8) is 0 Å². The van der Waals surface area contributed by atoms with Crippen LogP contribution in [-0.2, 0) is 4.79 Å². The fourth-order valence-electron chi connectivity index (χ4n) is 1.02. The Kier molecular flexibility index (Phi) is 4.04. The van der Waals surface area contributed by atoms with Gasteiger partial charge in [-0.15, -0.1) is 0 Å². The van der Waals surface area contributed by atoms with E-state index < -0.39 is 5.91 Å². The van der Waals surface area contributed by atoms with Crippen LogP contribution >= 0.6 is 0 Å². The highest BCUT2D eigenvalue weighted by atomic mass is 16.1. The van der Waals surface area contributed by atoms with Crippen LogP contribution in [-0.4, -0.2) is 29.9 Å². The number of nitrogens with zero attached hydrogens (tertiary/aromatic N) is 3. The fraction of sp³-hybridized carbons (Fsp3) is 0.182. The first kappa shape index (κ1) is 11.7. The highest BCUT2D eigenvalue weighted by Gasteiger charge is 2.09. The molecule has 82 valence electrons. The SMILES string of the molecule is CN(C)/C=C(\C#N)C(=O)Nc1ccccn1. The van der Waals surface area contributed by atoms with Crippen molar-refractivity contribution in [1.29, 1.82) is 5.26 Å². The Morgan fingerprint density at radius 1 is 1.56 bits per heavy atom. The maximum Gasteiger partial charge on any atom is 0.268 e. The summed E-state index contributed by atoms with van der Waals surface area (Å²) in [5.41, 5.74) is 0.0376. The van der Waals surface area contributed by atoms with Gasteiger partial charge in [-0.2, -0.15) is 5.26 Å². The Hall–Kier alpha value is -2.35. The third-order valence-corrected chi connectivity index (χ3v) is 1.66. The van der Waals surface area contributed by atoms with Crippen molar-refractivity contribution in [3.8, 4) is 6.07 Å². The van der Waals surface area contributed by atoms with Crippen LogP contribution in [0, 0.1) is 11.3 Å². The van der Waals surface area contributed by atoms with Crippen LogP contribution in [0.3, 0.4) is 0 Å². The van der Waals surface area contributed by atoms with Crippen LogP contribution in [0.5, 0.6) is 0 Å². The van der Waals surface area contributed by atoms with Gasteiger partial charge in [-0.05, 0) is 12.1 Å². The summed E-state index contributed by atoms with van der Waals surface area (Å²) < 4.78 is 0. The Balaban J connectivity index is 2.76. The highest BCUT2D eigenvalue weighted by Crippen LogP contribution is 2.03. The largest absolute Gasteiger partial charge is 0.382 e. The van der Waals surface area contributed by atoms with Gasteiger partial charge in [0.25, 0.3) is 5.91 Å². The molecule has 0 bridgehead atoms. The number of pyridine rings is 1. The number of anilines is 1. The van der Waals surface area contributed by atoms with Crippen LogP contribution < -0.4 is 5.32 Å². The number of hydrogen-bond donors (Lipinski definition) is 1. The van der Waals surface area contributed by atoms with Crippen LogP contribution in [0.15, 0.2) is 36.2 Å². The lowest BCUT2D eigenvalue weighted by Crippen LogP contribution is -2.16. The molecule has 1 amide bonds. The average molecular weight is 216 g/mol. The minimum Gasteiger partial charge on any atom is -0.382 e. The van der Waals surface area contributed by atoms with E-state index in [0.717, 1.165) is 0 Å². The van der Waals surface area contributed by atoms with Gasteiger partial charge >= 0.3 is 0 Å². The molecule has 5 heteroatoms. The molecule has 0 aliphatic rings. The number of amides is 1. The van der Waals surface area contributed by atoms with Gasteiger partial charge in [0.15, 0.2) is 0 Å². The van der Waals surface area contributed by atoms with Gasteiger partial charge in [-0.3, -0.25) is 4.79 Å². The topological polar surface area (TPSA) is 69.0 Å². The first-order valence-corrected chi connectivity index (χ1v) is 4.64. The van der Waals surface area contributed by atoms with E-state index in [2.05, 4.69) is 10.3 Å². The van der Waals surface area contributed by atoms with Crippen molar-refractivity contribution in [2.24, 2.45) is 0 Å². The minimum atomic E-state index is -0.463. The molecule has 1 N–H and O–H groups in total. The second kappa shape index (κ2) is 5.51. The Morgan fingerprint density at radius 3 is 2.81 bits per heavy atom. The van der Waals surface area contributed by atoms with Gasteiger partial charge in [0.05, 0.1) is 0 Å². The molecule has 1 aromatic rings. The molecule has 0 spiro atoms. The Bertz CT molecular complexity index is 431. The third kappa shape index (κ3) is 3.42. The molecule has 0 fully saturated rings. The molecular formula is C11H12N4O. The van der Waals surface area contributed by atoms with Gasteiger partial charge in [0.2, 0.25) is 0 Å². The minimum absolute atomic E-state index is 0.0376. The number of carbonyl (C=O) groups is 1. The maximum absolute atomic E-state index is 11.6. The van der Waals surface area contributed by atoms with Crippen molar-refractivity contribution < 1.29 is 4.79 Å². The molecular weight excluding hydrogens is 204 g/mol. The quantitative estimate of drug-likeness (QED) is 0.604. The van der Waals surface area contributed by atoms with Crippen LogP contribution in [0.2, 0.25) is 0 Å². The van der Waals surface area contributed by atoms with Gasteiger partial charge in [0, 0.05) is 26.5 Å². The summed E-state index contributed by atoms with van der Waals surface area (Å²) in [5.74, 6) is -0.0395. The lowest BCUT2D eigenvalue weighted by atomic mass is 10.3. The van der Waals surface area contributed by atoms with Gasteiger partial charge < -0.3 is 10.2 Å². The van der Waals surface area contributed by atoms with Crippen molar-refractivity contribution in [1.82, 2.24) is 9.88 Å². The zero-order chi connectivity index (χ0) is 12.0. The molecule has 16 heavy (non-hydrogen) atoms. The van der Waals surface area contributed by atoms with Crippen LogP contribution in [0.4, 0.5) is 5.82 Å². The molecule has 1 rings (SSSR count). The molecule has 0 radical (unpaired) electrons. The molecule has 0 aliphatic heterocycles. The van der Waals surface area contributed by atoms with E-state index in [4.69, 9.17) is 5.26 Å². The first-order valence-electron chi connectivity index (χ1n) is 4.64. The van der Waals surface area contributed by atoms with Crippen molar-refractivity contribution >= 4 is 11.7 Å². The summed E-state index contributed by atoms with van der Waals surface area (Å²) in [6.07, 6.45) is 3.02. The lowest BCUT2D eigenvalue weighted by molar-refractivity contribution is -0.112. The van der Waals surface area contributed by atoms with E-state index in [1.54, 1.807) is 43.4 Å². The van der Waals surface area contributed by atoms with Crippen LogP contribution in [0.25, 0.3) is 0 Å². The summed E-state index contributed by atoms with van der Waals surface area (Å²) in [6.45, 7) is 0. The monoisotopic (exact) mass is 216 g/mol. The van der Waals surface area contributed by atoms with Gasteiger partial charge in [0.1, 0.15) is 17.5 Å². The number of rotatable bonds is 3. The van der Waals surface area contributed by atoms with Gasteiger partial charge in [-0.25, -0.2) is 4.98 Å². The molecule has 1 heterocycles. The molecule has 0 saturated heterocycles. The second-order valence-corrected chi connectivity index (χ2v) is 3.29. The molecule has 0 aliphatic carbocycles. The van der Waals surface area contributed by atoms with E-state index in [9.17, 15) is 4.79 Å². The van der Waals surface area contributed by atoms with E-state index >= 15 is 0 Å². The molecule has 1 aromatic heterocycles. The Labute approximate surface area is 94.0 Å². The van der Waals surface area contributed by atoms with E-state index in [0.29, 0.717) is 5.82 Å². The second-order valence-electron chi connectivity index (χ2n) is 3.29. The summed E-state index contributed by atoms with van der Waals surface area (Å²) in [5, 5.41) is 11.3. The number of carbonyl (C=O) groups excluding carboxylic acids is 1. The zero-order valence-electron chi connectivity index (χ0n) is 9.14. The third-order valence-electron chi connectivity index (χ3n) is 1.66. The summed E-state index contributed by atoms with van der Waals surface area (Å²) in [7, 11) is 3.48. The molecule has 0 aromatic carbocycles. The molecule has 5 nitrogen and oxygen atoms in total. The standard InChI is InChI=1S/C11H12N4O/c1-15(2)8-9(7-12)11(16)14-10-5-3-4-6-13-10/h3-6,8H,1-2H3,(H,13,14,16)/b9-8+. The van der Waals surface area contributed by atoms with E-state index in [1.807, 2.05) is 6.07 Å². The zero-order valence-corrected chi connectivity index (χ0v) is 9.14. The highest BCUT2D eigenvalue weighted by molar-refractivity contribution is 6.05. The first-order chi connectivity index (χ1) is 7.63. The molecule has 0 saturated carbocycles. The molecule has 0 unspecified atom stereocenters.